The molecule has 2 aromatic heterocycles. The molecule has 7 nitrogen and oxygen atoms in total. The topological polar surface area (TPSA) is 77.6 Å². The van der Waals surface area contributed by atoms with Gasteiger partial charge >= 0.3 is 0 Å². The molecule has 0 fully saturated rings. The van der Waals surface area contributed by atoms with Crippen molar-refractivity contribution in [1.29, 1.82) is 0 Å². The van der Waals surface area contributed by atoms with Crippen molar-refractivity contribution < 1.29 is 13.9 Å². The Bertz CT molecular complexity index is 2350. The van der Waals surface area contributed by atoms with E-state index >= 15 is 0 Å². The summed E-state index contributed by atoms with van der Waals surface area (Å²) < 4.78 is 23.3. The molecule has 1 aliphatic rings. The number of hydrogen-bond acceptors (Lipinski definition) is 5. The van der Waals surface area contributed by atoms with Crippen LogP contribution in [0, 0.1) is 12.7 Å². The minimum Gasteiger partial charge on any atom is -0.497 e. The lowest BCUT2D eigenvalue weighted by molar-refractivity contribution is -0.113. The zero-order valence-electron chi connectivity index (χ0n) is 26.0. The van der Waals surface area contributed by atoms with Crippen LogP contribution in [-0.4, -0.2) is 22.2 Å². The number of rotatable bonds is 7. The monoisotopic (exact) mass is 642 g/mol. The van der Waals surface area contributed by atoms with Gasteiger partial charge in [-0.3, -0.25) is 14.2 Å². The first-order valence-corrected chi connectivity index (χ1v) is 16.0. The molecule has 7 rings (SSSR count). The Morgan fingerprint density at radius 3 is 2.38 bits per heavy atom. The Morgan fingerprint density at radius 1 is 0.957 bits per heavy atom. The van der Waals surface area contributed by atoms with Crippen molar-refractivity contribution in [2.24, 2.45) is 4.99 Å². The minimum atomic E-state index is -0.705. The fourth-order valence-electron chi connectivity index (χ4n) is 6.18. The number of carbonyl (C=O) groups is 1. The molecule has 0 aliphatic carbocycles. The van der Waals surface area contributed by atoms with Crippen LogP contribution in [0.25, 0.3) is 17.0 Å². The number of aromatic nitrogens is 2. The second kappa shape index (κ2) is 12.3. The Kier molecular flexibility index (Phi) is 7.91. The van der Waals surface area contributed by atoms with E-state index in [2.05, 4.69) is 16.0 Å². The average Bonchev–Trinajstić information content (AvgIpc) is 3.53. The van der Waals surface area contributed by atoms with E-state index in [1.807, 2.05) is 85.8 Å². The number of benzene rings is 4. The van der Waals surface area contributed by atoms with Crippen molar-refractivity contribution in [3.05, 3.63) is 162 Å². The first-order valence-electron chi connectivity index (χ1n) is 15.2. The van der Waals surface area contributed by atoms with Gasteiger partial charge in [-0.1, -0.05) is 72.0 Å². The molecule has 1 aliphatic heterocycles. The lowest BCUT2D eigenvalue weighted by Gasteiger charge is -2.25. The van der Waals surface area contributed by atoms with E-state index in [1.165, 1.54) is 23.5 Å². The molecule has 6 aromatic rings. The normalized spacial score (nSPS) is 14.6. The van der Waals surface area contributed by atoms with Gasteiger partial charge in [0.05, 0.1) is 29.0 Å². The number of para-hydroxylation sites is 2. The third-order valence-electron chi connectivity index (χ3n) is 8.54. The fourth-order valence-corrected chi connectivity index (χ4v) is 7.21. The number of methoxy groups -OCH3 is 1. The Morgan fingerprint density at radius 2 is 1.66 bits per heavy atom. The summed E-state index contributed by atoms with van der Waals surface area (Å²) in [4.78, 5) is 33.6. The number of nitrogens with zero attached hydrogens (tertiary/aromatic N) is 3. The van der Waals surface area contributed by atoms with Crippen LogP contribution in [0.3, 0.4) is 0 Å². The molecule has 0 saturated carbocycles. The van der Waals surface area contributed by atoms with Gasteiger partial charge in [0.15, 0.2) is 4.80 Å². The zero-order valence-corrected chi connectivity index (χ0v) is 26.8. The van der Waals surface area contributed by atoms with Crippen LogP contribution < -0.4 is 24.9 Å². The summed E-state index contributed by atoms with van der Waals surface area (Å²) in [5.41, 5.74) is 6.00. The second-order valence-electron chi connectivity index (χ2n) is 11.4. The van der Waals surface area contributed by atoms with Crippen molar-refractivity contribution in [3.8, 4) is 5.75 Å². The highest BCUT2D eigenvalue weighted by molar-refractivity contribution is 7.07. The van der Waals surface area contributed by atoms with Gasteiger partial charge in [0.2, 0.25) is 0 Å². The summed E-state index contributed by atoms with van der Waals surface area (Å²) in [5, 5.41) is 3.99. The van der Waals surface area contributed by atoms with E-state index in [4.69, 9.17) is 9.73 Å². The van der Waals surface area contributed by atoms with E-state index in [9.17, 15) is 14.0 Å². The lowest BCUT2D eigenvalue weighted by atomic mass is 9.95. The summed E-state index contributed by atoms with van der Waals surface area (Å²) in [6.07, 6.45) is 1.93. The Labute approximate surface area is 274 Å². The van der Waals surface area contributed by atoms with Crippen molar-refractivity contribution in [2.75, 3.05) is 12.4 Å². The Balaban J connectivity index is 1.38. The highest BCUT2D eigenvalue weighted by Crippen LogP contribution is 2.32. The molecule has 3 heterocycles. The molecular weight excluding hydrogens is 612 g/mol. The summed E-state index contributed by atoms with van der Waals surface area (Å²) in [6, 6.07) is 30.5. The van der Waals surface area contributed by atoms with Crippen LogP contribution >= 0.6 is 11.3 Å². The van der Waals surface area contributed by atoms with E-state index in [0.29, 0.717) is 38.6 Å². The SMILES string of the molecule is COc1ccc([C@H]2C(C(=O)Nc3ccccc3)=C(C)N=c3s/c(=C/c4c(C)n(Cc5ccc(F)cc5)c5ccccc45)c(=O)n32)cc1. The maximum absolute atomic E-state index is 14.4. The van der Waals surface area contributed by atoms with Crippen LogP contribution in [-0.2, 0) is 11.3 Å². The Hall–Kier alpha value is -5.54. The van der Waals surface area contributed by atoms with Gasteiger partial charge in [-0.15, -0.1) is 0 Å². The molecule has 234 valence electrons. The molecule has 9 heteroatoms. The maximum Gasteiger partial charge on any atom is 0.271 e. The van der Waals surface area contributed by atoms with Gasteiger partial charge in [-0.05, 0) is 73.5 Å². The van der Waals surface area contributed by atoms with Crippen molar-refractivity contribution in [2.45, 2.75) is 26.4 Å². The minimum absolute atomic E-state index is 0.234. The van der Waals surface area contributed by atoms with Crippen molar-refractivity contribution in [3.63, 3.8) is 0 Å². The summed E-state index contributed by atoms with van der Waals surface area (Å²) >= 11 is 1.30. The van der Waals surface area contributed by atoms with Gasteiger partial charge in [0.1, 0.15) is 11.6 Å². The lowest BCUT2D eigenvalue weighted by Crippen LogP contribution is -2.40. The highest BCUT2D eigenvalue weighted by Gasteiger charge is 2.32. The van der Waals surface area contributed by atoms with Gasteiger partial charge in [0, 0.05) is 34.4 Å². The number of ether oxygens (including phenoxy) is 1. The molecule has 0 unspecified atom stereocenters. The summed E-state index contributed by atoms with van der Waals surface area (Å²) in [6.45, 7) is 4.39. The maximum atomic E-state index is 14.4. The van der Waals surface area contributed by atoms with Gasteiger partial charge < -0.3 is 14.6 Å². The number of fused-ring (bicyclic) bond motifs is 2. The van der Waals surface area contributed by atoms with Crippen LogP contribution in [0.5, 0.6) is 5.75 Å². The van der Waals surface area contributed by atoms with E-state index in [1.54, 1.807) is 30.7 Å². The zero-order chi connectivity index (χ0) is 32.7. The van der Waals surface area contributed by atoms with Crippen molar-refractivity contribution >= 4 is 39.9 Å². The van der Waals surface area contributed by atoms with E-state index in [-0.39, 0.29) is 17.3 Å². The molecule has 1 atom stereocenters. The summed E-state index contributed by atoms with van der Waals surface area (Å²) in [5.74, 6) is 0.0692. The summed E-state index contributed by atoms with van der Waals surface area (Å²) in [7, 11) is 1.60. The average molecular weight is 643 g/mol. The predicted octanol–water partition coefficient (Wildman–Crippen LogP) is 6.33. The van der Waals surface area contributed by atoms with Crippen LogP contribution in [0.4, 0.5) is 10.1 Å². The van der Waals surface area contributed by atoms with Crippen molar-refractivity contribution in [1.82, 2.24) is 9.13 Å². The number of carbonyl (C=O) groups excluding carboxylic acids is 1. The standard InChI is InChI=1S/C38H31FN4O3S/c1-23-34(36(44)41-28-9-5-4-6-10-28)35(26-15-19-29(46-3)20-16-26)43-37(45)33(47-38(43)40-23)21-31-24(2)42(32-12-8-7-11-30(31)32)22-25-13-17-27(39)18-14-25/h4-21,35H,22H2,1-3H3,(H,41,44)/b33-21+/t35-/m0/s1. The van der Waals surface area contributed by atoms with Crippen LogP contribution in [0.1, 0.15) is 35.3 Å². The number of hydrogen-bond donors (Lipinski definition) is 1. The van der Waals surface area contributed by atoms with Gasteiger partial charge in [-0.25, -0.2) is 9.38 Å². The quantitative estimate of drug-likeness (QED) is 0.221. The van der Waals surface area contributed by atoms with Crippen LogP contribution in [0.15, 0.2) is 124 Å². The van der Waals surface area contributed by atoms with E-state index < -0.39 is 6.04 Å². The number of amides is 1. The first-order chi connectivity index (χ1) is 22.8. The molecule has 0 radical (unpaired) electrons. The molecule has 47 heavy (non-hydrogen) atoms. The van der Waals surface area contributed by atoms with Crippen LogP contribution in [0.2, 0.25) is 0 Å². The van der Waals surface area contributed by atoms with Gasteiger partial charge in [0.25, 0.3) is 11.5 Å². The number of thiazole rings is 1. The first kappa shape index (κ1) is 30.1. The molecular formula is C38H31FN4O3S. The molecule has 0 saturated heterocycles. The van der Waals surface area contributed by atoms with E-state index in [0.717, 1.165) is 33.3 Å². The second-order valence-corrected chi connectivity index (χ2v) is 12.4. The highest BCUT2D eigenvalue weighted by atomic mass is 32.1. The smallest absolute Gasteiger partial charge is 0.271 e. The third kappa shape index (κ3) is 5.59. The molecule has 4 aromatic carbocycles. The fraction of sp³-hybridized carbons (Fsp3) is 0.132. The van der Waals surface area contributed by atoms with Gasteiger partial charge in [-0.2, -0.15) is 0 Å². The molecule has 1 amide bonds. The molecule has 0 bridgehead atoms. The number of anilines is 1. The predicted molar refractivity (Wildman–Crippen MR) is 184 cm³/mol. The third-order valence-corrected chi connectivity index (χ3v) is 9.52. The number of allylic oxidation sites excluding steroid dienone is 1. The molecule has 0 spiro atoms. The molecule has 1 N–H and O–H groups in total. The largest absolute Gasteiger partial charge is 0.497 e. The number of halogens is 1. The number of nitrogens with one attached hydrogen (secondary N) is 1.